The number of carbonyl (C=O) groups excluding carboxylic acids is 1. The van der Waals surface area contributed by atoms with Gasteiger partial charge in [-0.25, -0.2) is 0 Å². The Morgan fingerprint density at radius 2 is 2.00 bits per heavy atom. The highest BCUT2D eigenvalue weighted by Gasteiger charge is 2.33. The predicted molar refractivity (Wildman–Crippen MR) is 76.2 cm³/mol. The van der Waals surface area contributed by atoms with Gasteiger partial charge in [-0.15, -0.1) is 0 Å². The SMILES string of the molecule is CC1CCCC(CN)N1C(=O)CC(C)C(C)(C)C. The van der Waals surface area contributed by atoms with E-state index in [2.05, 4.69) is 39.5 Å². The molecule has 3 heteroatoms. The van der Waals surface area contributed by atoms with Crippen molar-refractivity contribution in [3.05, 3.63) is 0 Å². The van der Waals surface area contributed by atoms with E-state index >= 15 is 0 Å². The first-order valence-electron chi connectivity index (χ1n) is 7.28. The Balaban J connectivity index is 2.68. The number of hydrogen-bond donors (Lipinski definition) is 1. The van der Waals surface area contributed by atoms with E-state index < -0.39 is 0 Å². The number of piperidine rings is 1. The number of rotatable bonds is 3. The fourth-order valence-corrected chi connectivity index (χ4v) is 2.64. The molecule has 0 spiro atoms. The van der Waals surface area contributed by atoms with Crippen LogP contribution < -0.4 is 5.73 Å². The summed E-state index contributed by atoms with van der Waals surface area (Å²) in [4.78, 5) is 14.6. The van der Waals surface area contributed by atoms with Crippen molar-refractivity contribution in [3.8, 4) is 0 Å². The fourth-order valence-electron chi connectivity index (χ4n) is 2.64. The summed E-state index contributed by atoms with van der Waals surface area (Å²) >= 11 is 0. The van der Waals surface area contributed by atoms with Crippen LogP contribution in [0.2, 0.25) is 0 Å². The molecule has 1 fully saturated rings. The van der Waals surface area contributed by atoms with E-state index in [0.29, 0.717) is 30.8 Å². The maximum atomic E-state index is 12.5. The first-order chi connectivity index (χ1) is 8.27. The van der Waals surface area contributed by atoms with E-state index in [1.54, 1.807) is 0 Å². The summed E-state index contributed by atoms with van der Waals surface area (Å²) in [6.45, 7) is 11.5. The van der Waals surface area contributed by atoms with Crippen LogP contribution >= 0.6 is 0 Å². The second kappa shape index (κ2) is 6.05. The molecule has 1 aliphatic rings. The van der Waals surface area contributed by atoms with Crippen molar-refractivity contribution < 1.29 is 4.79 Å². The summed E-state index contributed by atoms with van der Waals surface area (Å²) in [7, 11) is 0. The number of amides is 1. The van der Waals surface area contributed by atoms with Crippen molar-refractivity contribution in [2.45, 2.75) is 72.4 Å². The maximum absolute atomic E-state index is 12.5. The first-order valence-corrected chi connectivity index (χ1v) is 7.28. The van der Waals surface area contributed by atoms with Gasteiger partial charge in [0.1, 0.15) is 0 Å². The molecule has 1 amide bonds. The van der Waals surface area contributed by atoms with Crippen LogP contribution in [0.3, 0.4) is 0 Å². The zero-order valence-electron chi connectivity index (χ0n) is 12.7. The standard InChI is InChI=1S/C15H30N2O/c1-11(15(3,4)5)9-14(18)17-12(2)7-6-8-13(17)10-16/h11-13H,6-10,16H2,1-5H3. The van der Waals surface area contributed by atoms with Gasteiger partial charge in [-0.1, -0.05) is 27.7 Å². The molecule has 0 aromatic heterocycles. The fraction of sp³-hybridized carbons (Fsp3) is 0.933. The monoisotopic (exact) mass is 254 g/mol. The lowest BCUT2D eigenvalue weighted by atomic mass is 9.79. The third-order valence-electron chi connectivity index (χ3n) is 4.55. The topological polar surface area (TPSA) is 46.3 Å². The van der Waals surface area contributed by atoms with Gasteiger partial charge in [0.05, 0.1) is 0 Å². The smallest absolute Gasteiger partial charge is 0.223 e. The number of likely N-dealkylation sites (tertiary alicyclic amines) is 1. The molecule has 1 rings (SSSR count). The van der Waals surface area contributed by atoms with Crippen molar-refractivity contribution >= 4 is 5.91 Å². The Kier molecular flexibility index (Phi) is 5.20. The predicted octanol–water partition coefficient (Wildman–Crippen LogP) is 2.79. The highest BCUT2D eigenvalue weighted by atomic mass is 16.2. The molecule has 1 heterocycles. The maximum Gasteiger partial charge on any atom is 0.223 e. The molecule has 0 radical (unpaired) electrons. The number of nitrogens with zero attached hydrogens (tertiary/aromatic N) is 1. The van der Waals surface area contributed by atoms with Crippen LogP contribution in [-0.4, -0.2) is 29.4 Å². The van der Waals surface area contributed by atoms with Gasteiger partial charge in [0.15, 0.2) is 0 Å². The van der Waals surface area contributed by atoms with Gasteiger partial charge in [-0.3, -0.25) is 4.79 Å². The van der Waals surface area contributed by atoms with Crippen molar-refractivity contribution in [1.29, 1.82) is 0 Å². The highest BCUT2D eigenvalue weighted by Crippen LogP contribution is 2.30. The molecular weight excluding hydrogens is 224 g/mol. The molecule has 0 saturated carbocycles. The zero-order chi connectivity index (χ0) is 13.9. The van der Waals surface area contributed by atoms with Gasteiger partial charge in [0.25, 0.3) is 0 Å². The molecule has 3 atom stereocenters. The van der Waals surface area contributed by atoms with Crippen molar-refractivity contribution in [2.24, 2.45) is 17.1 Å². The van der Waals surface area contributed by atoms with Crippen LogP contribution in [0.4, 0.5) is 0 Å². The molecule has 18 heavy (non-hydrogen) atoms. The molecule has 0 aromatic rings. The van der Waals surface area contributed by atoms with Crippen LogP contribution in [0, 0.1) is 11.3 Å². The van der Waals surface area contributed by atoms with Gasteiger partial charge in [0, 0.05) is 25.0 Å². The summed E-state index contributed by atoms with van der Waals surface area (Å²) in [5.41, 5.74) is 6.00. The van der Waals surface area contributed by atoms with E-state index in [1.165, 1.54) is 6.42 Å². The van der Waals surface area contributed by atoms with Crippen molar-refractivity contribution in [3.63, 3.8) is 0 Å². The zero-order valence-corrected chi connectivity index (χ0v) is 12.7. The van der Waals surface area contributed by atoms with Gasteiger partial charge >= 0.3 is 0 Å². The van der Waals surface area contributed by atoms with E-state index in [9.17, 15) is 4.79 Å². The van der Waals surface area contributed by atoms with E-state index in [0.717, 1.165) is 12.8 Å². The molecule has 2 N–H and O–H groups in total. The average molecular weight is 254 g/mol. The lowest BCUT2D eigenvalue weighted by Crippen LogP contribution is -2.52. The molecule has 0 aromatic carbocycles. The Hall–Kier alpha value is -0.570. The second-order valence-electron chi connectivity index (χ2n) is 6.94. The summed E-state index contributed by atoms with van der Waals surface area (Å²) < 4.78 is 0. The van der Waals surface area contributed by atoms with Gasteiger partial charge in [-0.05, 0) is 37.5 Å². The Morgan fingerprint density at radius 1 is 1.39 bits per heavy atom. The highest BCUT2D eigenvalue weighted by molar-refractivity contribution is 5.77. The third-order valence-corrected chi connectivity index (χ3v) is 4.55. The van der Waals surface area contributed by atoms with Crippen LogP contribution in [0.25, 0.3) is 0 Å². The average Bonchev–Trinajstić information content (AvgIpc) is 2.26. The Labute approximate surface area is 112 Å². The molecule has 3 nitrogen and oxygen atoms in total. The van der Waals surface area contributed by atoms with Crippen LogP contribution in [-0.2, 0) is 4.79 Å². The van der Waals surface area contributed by atoms with E-state index in [1.807, 2.05) is 0 Å². The van der Waals surface area contributed by atoms with Crippen molar-refractivity contribution in [2.75, 3.05) is 6.54 Å². The minimum absolute atomic E-state index is 0.187. The summed E-state index contributed by atoms with van der Waals surface area (Å²) in [5.74, 6) is 0.692. The normalized spacial score (nSPS) is 27.1. The third kappa shape index (κ3) is 3.71. The Bertz CT molecular complexity index is 283. The molecule has 0 aliphatic carbocycles. The summed E-state index contributed by atoms with van der Waals surface area (Å²) in [6, 6.07) is 0.611. The number of nitrogens with two attached hydrogens (primary N) is 1. The number of carbonyl (C=O) groups is 1. The van der Waals surface area contributed by atoms with Gasteiger partial charge in [0.2, 0.25) is 5.91 Å². The minimum atomic E-state index is 0.187. The summed E-state index contributed by atoms with van der Waals surface area (Å²) in [5, 5.41) is 0. The van der Waals surface area contributed by atoms with E-state index in [-0.39, 0.29) is 11.5 Å². The lowest BCUT2D eigenvalue weighted by Gasteiger charge is -2.41. The van der Waals surface area contributed by atoms with E-state index in [4.69, 9.17) is 5.73 Å². The van der Waals surface area contributed by atoms with Crippen LogP contribution in [0.5, 0.6) is 0 Å². The molecule has 0 bridgehead atoms. The molecule has 106 valence electrons. The Morgan fingerprint density at radius 3 is 2.50 bits per heavy atom. The first kappa shape index (κ1) is 15.5. The number of hydrogen-bond acceptors (Lipinski definition) is 2. The van der Waals surface area contributed by atoms with Gasteiger partial charge in [-0.2, -0.15) is 0 Å². The molecule has 1 aliphatic heterocycles. The molecule has 3 unspecified atom stereocenters. The lowest BCUT2D eigenvalue weighted by molar-refractivity contribution is -0.139. The molecular formula is C15H30N2O. The second-order valence-corrected chi connectivity index (χ2v) is 6.94. The van der Waals surface area contributed by atoms with Crippen LogP contribution in [0.1, 0.15) is 60.3 Å². The minimum Gasteiger partial charge on any atom is -0.336 e. The largest absolute Gasteiger partial charge is 0.336 e. The van der Waals surface area contributed by atoms with Crippen molar-refractivity contribution in [1.82, 2.24) is 4.90 Å². The van der Waals surface area contributed by atoms with Crippen LogP contribution in [0.15, 0.2) is 0 Å². The quantitative estimate of drug-likeness (QED) is 0.842. The molecule has 1 saturated heterocycles. The summed E-state index contributed by atoms with van der Waals surface area (Å²) in [6.07, 6.45) is 4.02. The van der Waals surface area contributed by atoms with Gasteiger partial charge < -0.3 is 10.6 Å².